The van der Waals surface area contributed by atoms with Crippen molar-refractivity contribution in [3.63, 3.8) is 0 Å². The Morgan fingerprint density at radius 1 is 1.39 bits per heavy atom. The summed E-state index contributed by atoms with van der Waals surface area (Å²) in [6.07, 6.45) is 3.13. The number of likely N-dealkylation sites (tertiary alicyclic amines) is 1. The third-order valence-electron chi connectivity index (χ3n) is 5.55. The zero-order valence-corrected chi connectivity index (χ0v) is 17.0. The Morgan fingerprint density at radius 3 is 2.57 bits per heavy atom. The van der Waals surface area contributed by atoms with Crippen molar-refractivity contribution in [1.29, 1.82) is 0 Å². The van der Waals surface area contributed by atoms with Gasteiger partial charge in [-0.3, -0.25) is 4.79 Å². The van der Waals surface area contributed by atoms with Crippen LogP contribution < -0.4 is 0 Å². The summed E-state index contributed by atoms with van der Waals surface area (Å²) in [5.74, 6) is 1.65. The van der Waals surface area contributed by atoms with Gasteiger partial charge in [-0.05, 0) is 43.9 Å². The molecule has 2 nitrogen and oxygen atoms in total. The Kier molecular flexibility index (Phi) is 5.81. The average Bonchev–Trinajstić information content (AvgIpc) is 2.48. The van der Waals surface area contributed by atoms with Crippen LogP contribution in [0.1, 0.15) is 53.9 Å². The summed E-state index contributed by atoms with van der Waals surface area (Å²) in [4.78, 5) is 15.2. The zero-order valence-electron chi connectivity index (χ0n) is 15.4. The molecule has 130 valence electrons. The van der Waals surface area contributed by atoms with Gasteiger partial charge in [0.1, 0.15) is 0 Å². The predicted octanol–water partition coefficient (Wildman–Crippen LogP) is 5.19. The molecule has 1 aliphatic heterocycles. The predicted molar refractivity (Wildman–Crippen MR) is 102 cm³/mol. The highest BCUT2D eigenvalue weighted by molar-refractivity contribution is 9.09. The molecule has 3 heteroatoms. The molecule has 1 saturated heterocycles. The van der Waals surface area contributed by atoms with E-state index in [2.05, 4.69) is 55.1 Å². The van der Waals surface area contributed by atoms with Crippen LogP contribution in [0.25, 0.3) is 0 Å². The maximum Gasteiger partial charge on any atom is 0.160 e. The molecule has 1 aliphatic carbocycles. The molecule has 0 aromatic carbocycles. The van der Waals surface area contributed by atoms with Crippen molar-refractivity contribution >= 4 is 21.7 Å². The monoisotopic (exact) mass is 381 g/mol. The molecule has 0 aromatic heterocycles. The first kappa shape index (κ1) is 18.8. The summed E-state index contributed by atoms with van der Waals surface area (Å²) in [5.41, 5.74) is 3.59. The number of carbonyl (C=O) groups is 1. The number of hydrogen-bond donors (Lipinski definition) is 0. The number of Topliss-reactive ketones (excluding diaryl/α,β-unsaturated/α-hetero) is 1. The van der Waals surface area contributed by atoms with E-state index in [0.29, 0.717) is 24.0 Å². The summed E-state index contributed by atoms with van der Waals surface area (Å²) in [7, 11) is 0. The highest BCUT2D eigenvalue weighted by Gasteiger charge is 2.43. The molecular weight excluding hydrogens is 350 g/mol. The van der Waals surface area contributed by atoms with Gasteiger partial charge in [0.25, 0.3) is 0 Å². The molecule has 3 atom stereocenters. The zero-order chi connectivity index (χ0) is 17.4. The number of piperidine rings is 1. The standard InChI is InChI=1S/C20H32BrNO/c1-13(2)16-10-17(23)14(3)19(18(16)20(4,5)6)22-9-7-8-15(11-21)12-22/h15-16,18H,1,7-12H2,2-6H3. The Hall–Kier alpha value is -0.570. The number of alkyl halides is 1. The summed E-state index contributed by atoms with van der Waals surface area (Å²) < 4.78 is 0. The van der Waals surface area contributed by atoms with Crippen molar-refractivity contribution in [2.24, 2.45) is 23.2 Å². The van der Waals surface area contributed by atoms with Gasteiger partial charge in [-0.2, -0.15) is 0 Å². The quantitative estimate of drug-likeness (QED) is 0.494. The molecule has 0 radical (unpaired) electrons. The van der Waals surface area contributed by atoms with Crippen LogP contribution >= 0.6 is 15.9 Å². The molecule has 3 unspecified atom stereocenters. The van der Waals surface area contributed by atoms with Gasteiger partial charge in [-0.15, -0.1) is 0 Å². The van der Waals surface area contributed by atoms with Gasteiger partial charge in [0.2, 0.25) is 0 Å². The van der Waals surface area contributed by atoms with Crippen LogP contribution in [0.5, 0.6) is 0 Å². The topological polar surface area (TPSA) is 20.3 Å². The number of carbonyl (C=O) groups excluding carboxylic acids is 1. The molecule has 0 amide bonds. The highest BCUT2D eigenvalue weighted by Crippen LogP contribution is 2.48. The van der Waals surface area contributed by atoms with Crippen LogP contribution in [0, 0.1) is 23.2 Å². The number of ketones is 1. The van der Waals surface area contributed by atoms with Gasteiger partial charge in [0, 0.05) is 42.0 Å². The minimum Gasteiger partial charge on any atom is -0.374 e. The summed E-state index contributed by atoms with van der Waals surface area (Å²) in [6.45, 7) is 17.4. The third kappa shape index (κ3) is 3.92. The second kappa shape index (κ2) is 7.13. The largest absolute Gasteiger partial charge is 0.374 e. The van der Waals surface area contributed by atoms with Crippen molar-refractivity contribution in [2.45, 2.75) is 53.9 Å². The Morgan fingerprint density at radius 2 is 2.04 bits per heavy atom. The van der Waals surface area contributed by atoms with Gasteiger partial charge < -0.3 is 4.90 Å². The van der Waals surface area contributed by atoms with E-state index in [1.165, 1.54) is 18.5 Å². The average molecular weight is 382 g/mol. The first-order chi connectivity index (χ1) is 10.7. The fraction of sp³-hybridized carbons (Fsp3) is 0.750. The second-order valence-electron chi connectivity index (χ2n) is 8.54. The van der Waals surface area contributed by atoms with Gasteiger partial charge in [0.15, 0.2) is 5.78 Å². The Labute approximate surface area is 150 Å². The Bertz CT molecular complexity index is 514. The maximum absolute atomic E-state index is 12.7. The van der Waals surface area contributed by atoms with E-state index in [0.717, 1.165) is 29.6 Å². The molecule has 23 heavy (non-hydrogen) atoms. The van der Waals surface area contributed by atoms with Gasteiger partial charge in [-0.1, -0.05) is 48.9 Å². The van der Waals surface area contributed by atoms with E-state index < -0.39 is 0 Å². The number of rotatable bonds is 3. The van der Waals surface area contributed by atoms with Gasteiger partial charge in [-0.25, -0.2) is 0 Å². The van der Waals surface area contributed by atoms with Crippen LogP contribution in [0.2, 0.25) is 0 Å². The summed E-state index contributed by atoms with van der Waals surface area (Å²) >= 11 is 3.66. The fourth-order valence-electron chi connectivity index (χ4n) is 4.35. The first-order valence-electron chi connectivity index (χ1n) is 8.87. The molecule has 0 saturated carbocycles. The fourth-order valence-corrected chi connectivity index (χ4v) is 4.88. The van der Waals surface area contributed by atoms with Crippen LogP contribution in [-0.4, -0.2) is 29.1 Å². The van der Waals surface area contributed by atoms with Gasteiger partial charge in [0.05, 0.1) is 0 Å². The number of allylic oxidation sites excluding steroid dienone is 3. The minimum absolute atomic E-state index is 0.127. The molecular formula is C20H32BrNO. The molecule has 0 aromatic rings. The van der Waals surface area contributed by atoms with Crippen molar-refractivity contribution in [2.75, 3.05) is 18.4 Å². The van der Waals surface area contributed by atoms with Crippen LogP contribution in [0.3, 0.4) is 0 Å². The molecule has 1 fully saturated rings. The highest BCUT2D eigenvalue weighted by atomic mass is 79.9. The molecule has 0 spiro atoms. The summed E-state index contributed by atoms with van der Waals surface area (Å²) in [6, 6.07) is 0. The van der Waals surface area contributed by atoms with Crippen LogP contribution in [0.4, 0.5) is 0 Å². The molecule has 2 aliphatic rings. The number of hydrogen-bond acceptors (Lipinski definition) is 2. The maximum atomic E-state index is 12.7. The molecule has 0 bridgehead atoms. The van der Waals surface area contributed by atoms with Crippen molar-refractivity contribution in [3.05, 3.63) is 23.4 Å². The van der Waals surface area contributed by atoms with E-state index in [1.54, 1.807) is 0 Å². The lowest BCUT2D eigenvalue weighted by atomic mass is 9.63. The number of halogens is 1. The second-order valence-corrected chi connectivity index (χ2v) is 9.19. The normalized spacial score (nSPS) is 29.9. The smallest absolute Gasteiger partial charge is 0.160 e. The Balaban J connectivity index is 2.47. The van der Waals surface area contributed by atoms with Crippen molar-refractivity contribution in [1.82, 2.24) is 4.90 Å². The molecule has 0 N–H and O–H groups in total. The van der Waals surface area contributed by atoms with Crippen LogP contribution in [0.15, 0.2) is 23.4 Å². The van der Waals surface area contributed by atoms with E-state index in [9.17, 15) is 4.79 Å². The van der Waals surface area contributed by atoms with E-state index in [4.69, 9.17) is 0 Å². The molecule has 1 heterocycles. The van der Waals surface area contributed by atoms with Crippen molar-refractivity contribution in [3.8, 4) is 0 Å². The van der Waals surface area contributed by atoms with Crippen molar-refractivity contribution < 1.29 is 4.79 Å². The van der Waals surface area contributed by atoms with Crippen LogP contribution in [-0.2, 0) is 4.79 Å². The van der Waals surface area contributed by atoms with E-state index in [1.807, 2.05) is 6.92 Å². The lowest BCUT2D eigenvalue weighted by molar-refractivity contribution is -0.118. The van der Waals surface area contributed by atoms with Gasteiger partial charge >= 0.3 is 0 Å². The lowest BCUT2D eigenvalue weighted by Gasteiger charge is -2.48. The van der Waals surface area contributed by atoms with E-state index >= 15 is 0 Å². The third-order valence-corrected chi connectivity index (χ3v) is 6.46. The minimum atomic E-state index is 0.127. The SMILES string of the molecule is C=C(C)C1CC(=O)C(C)=C(N2CCCC(CBr)C2)C1C(C)(C)C. The van der Waals surface area contributed by atoms with E-state index in [-0.39, 0.29) is 11.3 Å². The lowest BCUT2D eigenvalue weighted by Crippen LogP contribution is -2.46. The summed E-state index contributed by atoms with van der Waals surface area (Å²) in [5, 5.41) is 1.05. The number of nitrogens with zero attached hydrogens (tertiary/aromatic N) is 1. The molecule has 2 rings (SSSR count). The first-order valence-corrected chi connectivity index (χ1v) is 9.99.